The molecule has 0 spiro atoms. The van der Waals surface area contributed by atoms with Crippen molar-refractivity contribution in [3.05, 3.63) is 30.3 Å². The standard InChI is InChI=1S/C13H21O2P/c1-11(2)15-16(14,13(3,4)5)12-9-7-6-8-10-12/h6-11H,1-5H3. The highest BCUT2D eigenvalue weighted by Gasteiger charge is 2.40. The van der Waals surface area contributed by atoms with Gasteiger partial charge in [-0.1, -0.05) is 39.0 Å². The van der Waals surface area contributed by atoms with Crippen LogP contribution >= 0.6 is 7.37 Å². The second-order valence-corrected chi connectivity index (χ2v) is 8.38. The summed E-state index contributed by atoms with van der Waals surface area (Å²) in [5.41, 5.74) is 0. The molecule has 1 atom stereocenters. The Morgan fingerprint density at radius 2 is 1.62 bits per heavy atom. The molecule has 1 unspecified atom stereocenters. The number of hydrogen-bond acceptors (Lipinski definition) is 2. The maximum absolute atomic E-state index is 13.0. The molecule has 0 heterocycles. The summed E-state index contributed by atoms with van der Waals surface area (Å²) in [4.78, 5) is 0. The van der Waals surface area contributed by atoms with Gasteiger partial charge in [-0.2, -0.15) is 0 Å². The van der Waals surface area contributed by atoms with E-state index < -0.39 is 7.37 Å². The molecule has 0 aliphatic carbocycles. The van der Waals surface area contributed by atoms with E-state index in [4.69, 9.17) is 4.52 Å². The maximum Gasteiger partial charge on any atom is 0.237 e. The molecule has 0 aromatic heterocycles. The Morgan fingerprint density at radius 1 is 1.12 bits per heavy atom. The van der Waals surface area contributed by atoms with Crippen molar-refractivity contribution in [1.82, 2.24) is 0 Å². The maximum atomic E-state index is 13.0. The first-order valence-corrected chi connectivity index (χ1v) is 7.24. The van der Waals surface area contributed by atoms with Crippen LogP contribution in [0.15, 0.2) is 30.3 Å². The molecule has 2 nitrogen and oxygen atoms in total. The van der Waals surface area contributed by atoms with Gasteiger partial charge in [0.05, 0.1) is 6.10 Å². The molecular formula is C13H21O2P. The number of benzene rings is 1. The van der Waals surface area contributed by atoms with Crippen molar-refractivity contribution in [2.45, 2.75) is 45.9 Å². The number of rotatable bonds is 3. The molecule has 1 rings (SSSR count). The molecular weight excluding hydrogens is 219 g/mol. The quantitative estimate of drug-likeness (QED) is 0.751. The Balaban J connectivity index is 3.22. The van der Waals surface area contributed by atoms with E-state index in [1.807, 2.05) is 65.0 Å². The molecule has 3 heteroatoms. The average Bonchev–Trinajstić information content (AvgIpc) is 2.16. The average molecular weight is 240 g/mol. The van der Waals surface area contributed by atoms with Crippen LogP contribution in [-0.4, -0.2) is 11.3 Å². The van der Waals surface area contributed by atoms with Crippen LogP contribution in [0, 0.1) is 0 Å². The van der Waals surface area contributed by atoms with Crippen LogP contribution in [0.4, 0.5) is 0 Å². The van der Waals surface area contributed by atoms with Crippen molar-refractivity contribution in [2.75, 3.05) is 0 Å². The first kappa shape index (κ1) is 13.5. The lowest BCUT2D eigenvalue weighted by molar-refractivity contribution is 0.239. The zero-order chi connectivity index (χ0) is 12.4. The van der Waals surface area contributed by atoms with Gasteiger partial charge in [-0.3, -0.25) is 4.57 Å². The summed E-state index contributed by atoms with van der Waals surface area (Å²) < 4.78 is 18.8. The van der Waals surface area contributed by atoms with Gasteiger partial charge in [0.15, 0.2) is 0 Å². The Labute approximate surface area is 98.5 Å². The van der Waals surface area contributed by atoms with Gasteiger partial charge in [-0.25, -0.2) is 0 Å². The lowest BCUT2D eigenvalue weighted by Gasteiger charge is -2.32. The van der Waals surface area contributed by atoms with Crippen molar-refractivity contribution in [2.24, 2.45) is 0 Å². The summed E-state index contributed by atoms with van der Waals surface area (Å²) in [5.74, 6) is 0. The van der Waals surface area contributed by atoms with E-state index in [9.17, 15) is 4.57 Å². The van der Waals surface area contributed by atoms with E-state index in [0.717, 1.165) is 5.30 Å². The predicted octanol–water partition coefficient (Wildman–Crippen LogP) is 3.81. The highest BCUT2D eigenvalue weighted by atomic mass is 31.2. The smallest absolute Gasteiger partial charge is 0.237 e. The normalized spacial score (nSPS) is 16.1. The molecule has 0 aliphatic rings. The Bertz CT molecular complexity index is 377. The van der Waals surface area contributed by atoms with E-state index in [2.05, 4.69) is 0 Å². The minimum absolute atomic E-state index is 0.0368. The third-order valence-corrected chi connectivity index (χ3v) is 5.80. The molecule has 0 saturated carbocycles. The topological polar surface area (TPSA) is 26.3 Å². The fraction of sp³-hybridized carbons (Fsp3) is 0.538. The lowest BCUT2D eigenvalue weighted by atomic mass is 10.3. The van der Waals surface area contributed by atoms with Gasteiger partial charge in [-0.05, 0) is 26.0 Å². The van der Waals surface area contributed by atoms with Gasteiger partial charge in [0.1, 0.15) is 0 Å². The Morgan fingerprint density at radius 3 is 2.00 bits per heavy atom. The van der Waals surface area contributed by atoms with Crippen molar-refractivity contribution >= 4 is 12.7 Å². The zero-order valence-corrected chi connectivity index (χ0v) is 11.6. The summed E-state index contributed by atoms with van der Waals surface area (Å²) in [5, 5.41) is 0.426. The first-order chi connectivity index (χ1) is 7.27. The second-order valence-electron chi connectivity index (χ2n) is 5.21. The van der Waals surface area contributed by atoms with Gasteiger partial charge < -0.3 is 4.52 Å². The van der Waals surface area contributed by atoms with Crippen LogP contribution in [0.5, 0.6) is 0 Å². The molecule has 1 aromatic carbocycles. The third-order valence-electron chi connectivity index (χ3n) is 2.34. The second kappa shape index (κ2) is 4.73. The highest BCUT2D eigenvalue weighted by Crippen LogP contribution is 2.58. The SMILES string of the molecule is CC(C)OP(=O)(c1ccccc1)C(C)(C)C. The van der Waals surface area contributed by atoms with Crippen LogP contribution < -0.4 is 5.30 Å². The largest absolute Gasteiger partial charge is 0.322 e. The van der Waals surface area contributed by atoms with Crippen molar-refractivity contribution in [3.63, 3.8) is 0 Å². The van der Waals surface area contributed by atoms with Crippen LogP contribution in [0.1, 0.15) is 34.6 Å². The molecule has 1 aromatic rings. The van der Waals surface area contributed by atoms with Crippen molar-refractivity contribution < 1.29 is 9.09 Å². The van der Waals surface area contributed by atoms with Crippen LogP contribution in [-0.2, 0) is 9.09 Å². The summed E-state index contributed by atoms with van der Waals surface area (Å²) >= 11 is 0. The molecule has 0 amide bonds. The van der Waals surface area contributed by atoms with E-state index >= 15 is 0 Å². The predicted molar refractivity (Wildman–Crippen MR) is 69.7 cm³/mol. The van der Waals surface area contributed by atoms with E-state index in [-0.39, 0.29) is 11.3 Å². The van der Waals surface area contributed by atoms with Crippen molar-refractivity contribution in [3.8, 4) is 0 Å². The monoisotopic (exact) mass is 240 g/mol. The Kier molecular flexibility index (Phi) is 3.98. The molecule has 0 aliphatic heterocycles. The van der Waals surface area contributed by atoms with Gasteiger partial charge in [0, 0.05) is 10.5 Å². The summed E-state index contributed by atoms with van der Waals surface area (Å²) in [6, 6.07) is 9.49. The van der Waals surface area contributed by atoms with Gasteiger partial charge in [0.25, 0.3) is 0 Å². The molecule has 0 radical (unpaired) electrons. The molecule has 16 heavy (non-hydrogen) atoms. The van der Waals surface area contributed by atoms with Gasteiger partial charge in [0.2, 0.25) is 7.37 Å². The summed E-state index contributed by atoms with van der Waals surface area (Å²) in [6.07, 6.45) is -0.0368. The van der Waals surface area contributed by atoms with E-state index in [1.165, 1.54) is 0 Å². The van der Waals surface area contributed by atoms with Gasteiger partial charge in [-0.15, -0.1) is 0 Å². The molecule has 0 fully saturated rings. The molecule has 0 bridgehead atoms. The van der Waals surface area contributed by atoms with Crippen LogP contribution in [0.3, 0.4) is 0 Å². The van der Waals surface area contributed by atoms with Crippen LogP contribution in [0.2, 0.25) is 0 Å². The Hall–Kier alpha value is -0.590. The summed E-state index contributed by atoms with van der Waals surface area (Å²) in [7, 11) is -2.81. The van der Waals surface area contributed by atoms with E-state index in [0.29, 0.717) is 0 Å². The third kappa shape index (κ3) is 2.75. The zero-order valence-electron chi connectivity index (χ0n) is 10.7. The van der Waals surface area contributed by atoms with E-state index in [1.54, 1.807) is 0 Å². The van der Waals surface area contributed by atoms with Gasteiger partial charge >= 0.3 is 0 Å². The lowest BCUT2D eigenvalue weighted by Crippen LogP contribution is -2.26. The molecule has 0 N–H and O–H groups in total. The van der Waals surface area contributed by atoms with Crippen LogP contribution in [0.25, 0.3) is 0 Å². The minimum atomic E-state index is -2.81. The highest BCUT2D eigenvalue weighted by molar-refractivity contribution is 7.68. The minimum Gasteiger partial charge on any atom is -0.322 e. The fourth-order valence-electron chi connectivity index (χ4n) is 1.53. The fourth-order valence-corrected chi connectivity index (χ4v) is 3.90. The molecule has 90 valence electrons. The molecule has 0 saturated heterocycles. The van der Waals surface area contributed by atoms with Crippen molar-refractivity contribution in [1.29, 1.82) is 0 Å². The summed E-state index contributed by atoms with van der Waals surface area (Å²) in [6.45, 7) is 9.72. The first-order valence-electron chi connectivity index (χ1n) is 5.61. The number of hydrogen-bond donors (Lipinski definition) is 0.